The minimum Gasteiger partial charge on any atom is -0.349 e. The molecule has 0 spiro atoms. The Morgan fingerprint density at radius 3 is 2.59 bits per heavy atom. The van der Waals surface area contributed by atoms with Crippen LogP contribution in [0.5, 0.6) is 0 Å². The summed E-state index contributed by atoms with van der Waals surface area (Å²) in [6.07, 6.45) is 6.33. The zero-order valence-electron chi connectivity index (χ0n) is 11.4. The lowest BCUT2D eigenvalue weighted by molar-refractivity contribution is -0.127. The molecule has 1 aliphatic rings. The van der Waals surface area contributed by atoms with Gasteiger partial charge in [0.15, 0.2) is 0 Å². The number of nitrogens with one attached hydrogen (secondary N) is 1. The van der Waals surface area contributed by atoms with Gasteiger partial charge in [-0.05, 0) is 31.6 Å². The summed E-state index contributed by atoms with van der Waals surface area (Å²) in [6.45, 7) is 6.40. The number of halogens is 1. The van der Waals surface area contributed by atoms with E-state index in [-0.39, 0.29) is 17.4 Å². The van der Waals surface area contributed by atoms with Gasteiger partial charge in [0.1, 0.15) is 0 Å². The largest absolute Gasteiger partial charge is 0.349 e. The molecule has 1 N–H and O–H groups in total. The molecule has 1 aliphatic carbocycles. The van der Waals surface area contributed by atoms with Gasteiger partial charge in [0, 0.05) is 11.8 Å². The third kappa shape index (κ3) is 3.87. The first-order chi connectivity index (χ1) is 8.06. The molecule has 1 saturated carbocycles. The van der Waals surface area contributed by atoms with E-state index < -0.39 is 0 Å². The standard InChI is InChI=1S/C14H26ClNO/c1-4-12(5-2)13(17)16-14(10-15)8-6-7-11(3)9-14/h11-12H,4-10H2,1-3H3,(H,16,17). The number of hydrogen-bond acceptors (Lipinski definition) is 1. The average Bonchev–Trinajstić information content (AvgIpc) is 2.30. The average molecular weight is 260 g/mol. The smallest absolute Gasteiger partial charge is 0.223 e. The number of alkyl halides is 1. The Hall–Kier alpha value is -0.240. The van der Waals surface area contributed by atoms with E-state index >= 15 is 0 Å². The minimum absolute atomic E-state index is 0.140. The fraction of sp³-hybridized carbons (Fsp3) is 0.929. The van der Waals surface area contributed by atoms with Gasteiger partial charge >= 0.3 is 0 Å². The van der Waals surface area contributed by atoms with E-state index in [1.807, 2.05) is 0 Å². The van der Waals surface area contributed by atoms with Crippen LogP contribution in [0.1, 0.15) is 59.3 Å². The van der Waals surface area contributed by atoms with Gasteiger partial charge in [-0.1, -0.05) is 33.6 Å². The molecule has 3 heteroatoms. The lowest BCUT2D eigenvalue weighted by atomic mass is 9.77. The Morgan fingerprint density at radius 2 is 2.12 bits per heavy atom. The van der Waals surface area contributed by atoms with Gasteiger partial charge in [0.2, 0.25) is 5.91 Å². The molecule has 1 fully saturated rings. The van der Waals surface area contributed by atoms with Crippen molar-refractivity contribution in [3.05, 3.63) is 0 Å². The van der Waals surface area contributed by atoms with Gasteiger partial charge in [-0.2, -0.15) is 0 Å². The highest BCUT2D eigenvalue weighted by atomic mass is 35.5. The van der Waals surface area contributed by atoms with E-state index in [1.165, 1.54) is 12.8 Å². The molecule has 1 amide bonds. The van der Waals surface area contributed by atoms with Crippen molar-refractivity contribution in [1.82, 2.24) is 5.32 Å². The maximum Gasteiger partial charge on any atom is 0.223 e. The van der Waals surface area contributed by atoms with Crippen LogP contribution in [-0.2, 0) is 4.79 Å². The van der Waals surface area contributed by atoms with Gasteiger partial charge in [0.05, 0.1) is 5.54 Å². The summed E-state index contributed by atoms with van der Waals surface area (Å²) >= 11 is 6.12. The van der Waals surface area contributed by atoms with Crippen molar-refractivity contribution < 1.29 is 4.79 Å². The fourth-order valence-electron chi connectivity index (χ4n) is 2.95. The first kappa shape index (κ1) is 14.8. The highest BCUT2D eigenvalue weighted by Gasteiger charge is 2.36. The number of hydrogen-bond donors (Lipinski definition) is 1. The molecule has 2 unspecified atom stereocenters. The van der Waals surface area contributed by atoms with E-state index in [1.54, 1.807) is 0 Å². The predicted octanol–water partition coefficient (Wildman–Crippen LogP) is 3.73. The molecule has 0 aromatic rings. The monoisotopic (exact) mass is 259 g/mol. The van der Waals surface area contributed by atoms with Crippen LogP contribution in [0.4, 0.5) is 0 Å². The third-order valence-electron chi connectivity index (χ3n) is 4.09. The fourth-order valence-corrected chi connectivity index (χ4v) is 3.26. The van der Waals surface area contributed by atoms with Crippen LogP contribution in [-0.4, -0.2) is 17.3 Å². The topological polar surface area (TPSA) is 29.1 Å². The highest BCUT2D eigenvalue weighted by Crippen LogP contribution is 2.33. The van der Waals surface area contributed by atoms with E-state index in [9.17, 15) is 4.79 Å². The van der Waals surface area contributed by atoms with Crippen molar-refractivity contribution >= 4 is 17.5 Å². The zero-order valence-corrected chi connectivity index (χ0v) is 12.1. The molecular formula is C14H26ClNO. The number of amides is 1. The Bertz CT molecular complexity index is 253. The summed E-state index contributed by atoms with van der Waals surface area (Å²) in [5.41, 5.74) is -0.140. The molecule has 2 nitrogen and oxygen atoms in total. The molecule has 100 valence electrons. The molecule has 0 heterocycles. The molecule has 0 radical (unpaired) electrons. The lowest BCUT2D eigenvalue weighted by Crippen LogP contribution is -2.54. The van der Waals surface area contributed by atoms with Gasteiger partial charge in [0.25, 0.3) is 0 Å². The van der Waals surface area contributed by atoms with Crippen LogP contribution in [0.3, 0.4) is 0 Å². The molecule has 0 bridgehead atoms. The van der Waals surface area contributed by atoms with Crippen molar-refractivity contribution in [2.45, 2.75) is 64.8 Å². The third-order valence-corrected chi connectivity index (χ3v) is 4.60. The molecule has 1 rings (SSSR count). The first-order valence-corrected chi connectivity index (χ1v) is 7.48. The van der Waals surface area contributed by atoms with E-state index in [0.717, 1.165) is 25.7 Å². The number of rotatable bonds is 5. The van der Waals surface area contributed by atoms with E-state index in [0.29, 0.717) is 11.8 Å². The van der Waals surface area contributed by atoms with Crippen LogP contribution in [0, 0.1) is 11.8 Å². The quantitative estimate of drug-likeness (QED) is 0.749. The van der Waals surface area contributed by atoms with Gasteiger partial charge in [-0.15, -0.1) is 11.6 Å². The normalized spacial score (nSPS) is 29.4. The number of carbonyl (C=O) groups excluding carboxylic acids is 1. The Balaban J connectivity index is 2.64. The summed E-state index contributed by atoms with van der Waals surface area (Å²) in [4.78, 5) is 12.2. The van der Waals surface area contributed by atoms with Crippen molar-refractivity contribution in [2.75, 3.05) is 5.88 Å². The van der Waals surface area contributed by atoms with Gasteiger partial charge < -0.3 is 5.32 Å². The number of carbonyl (C=O) groups is 1. The van der Waals surface area contributed by atoms with Gasteiger partial charge in [-0.3, -0.25) is 4.79 Å². The predicted molar refractivity (Wildman–Crippen MR) is 73.3 cm³/mol. The van der Waals surface area contributed by atoms with Crippen LogP contribution < -0.4 is 5.32 Å². The summed E-state index contributed by atoms with van der Waals surface area (Å²) in [5, 5.41) is 3.24. The Labute approximate surface area is 110 Å². The Morgan fingerprint density at radius 1 is 1.47 bits per heavy atom. The maximum absolute atomic E-state index is 12.2. The minimum atomic E-state index is -0.140. The SMILES string of the molecule is CCC(CC)C(=O)NC1(CCl)CCCC(C)C1. The van der Waals surface area contributed by atoms with Crippen LogP contribution >= 0.6 is 11.6 Å². The second-order valence-electron chi connectivity index (χ2n) is 5.62. The van der Waals surface area contributed by atoms with Crippen molar-refractivity contribution in [1.29, 1.82) is 0 Å². The highest BCUT2D eigenvalue weighted by molar-refractivity contribution is 6.18. The van der Waals surface area contributed by atoms with Crippen LogP contribution in [0.15, 0.2) is 0 Å². The molecular weight excluding hydrogens is 234 g/mol. The van der Waals surface area contributed by atoms with Crippen molar-refractivity contribution in [3.8, 4) is 0 Å². The second-order valence-corrected chi connectivity index (χ2v) is 5.89. The molecule has 0 aromatic heterocycles. The molecule has 17 heavy (non-hydrogen) atoms. The van der Waals surface area contributed by atoms with E-state index in [4.69, 9.17) is 11.6 Å². The second kappa shape index (κ2) is 6.63. The van der Waals surface area contributed by atoms with Crippen molar-refractivity contribution in [3.63, 3.8) is 0 Å². The first-order valence-electron chi connectivity index (χ1n) is 6.95. The zero-order chi connectivity index (χ0) is 12.9. The molecule has 2 atom stereocenters. The Kier molecular flexibility index (Phi) is 5.78. The summed E-state index contributed by atoms with van der Waals surface area (Å²) in [6, 6.07) is 0. The summed E-state index contributed by atoms with van der Waals surface area (Å²) in [7, 11) is 0. The molecule has 0 saturated heterocycles. The van der Waals surface area contributed by atoms with Crippen molar-refractivity contribution in [2.24, 2.45) is 11.8 Å². The van der Waals surface area contributed by atoms with Gasteiger partial charge in [-0.25, -0.2) is 0 Å². The van der Waals surface area contributed by atoms with Crippen LogP contribution in [0.25, 0.3) is 0 Å². The summed E-state index contributed by atoms with van der Waals surface area (Å²) < 4.78 is 0. The summed E-state index contributed by atoms with van der Waals surface area (Å²) in [5.74, 6) is 1.56. The molecule has 0 aliphatic heterocycles. The molecule has 0 aromatic carbocycles. The van der Waals surface area contributed by atoms with E-state index in [2.05, 4.69) is 26.1 Å². The maximum atomic E-state index is 12.2. The lowest BCUT2D eigenvalue weighted by Gasteiger charge is -2.40. The van der Waals surface area contributed by atoms with Crippen LogP contribution in [0.2, 0.25) is 0 Å².